The summed E-state index contributed by atoms with van der Waals surface area (Å²) in [7, 11) is 2.19. The molecule has 0 spiro atoms. The Bertz CT molecular complexity index is 409. The molecular weight excluding hydrogens is 248 g/mol. The summed E-state index contributed by atoms with van der Waals surface area (Å²) in [6, 6.07) is 0.999. The van der Waals surface area contributed by atoms with E-state index >= 15 is 0 Å². The van der Waals surface area contributed by atoms with Crippen LogP contribution in [0.4, 0.5) is 0 Å². The fraction of sp³-hybridized carbons (Fsp3) is 0.812. The van der Waals surface area contributed by atoms with E-state index in [2.05, 4.69) is 68.6 Å². The summed E-state index contributed by atoms with van der Waals surface area (Å²) in [5.74, 6) is 0. The molecular formula is C16H32N4. The van der Waals surface area contributed by atoms with Crippen LogP contribution in [0, 0.1) is 13.8 Å². The molecule has 1 aromatic rings. The van der Waals surface area contributed by atoms with E-state index in [9.17, 15) is 0 Å². The smallest absolute Gasteiger partial charge is 0.0644 e. The lowest BCUT2D eigenvalue weighted by Crippen LogP contribution is -2.30. The van der Waals surface area contributed by atoms with Crippen molar-refractivity contribution in [3.63, 3.8) is 0 Å². The van der Waals surface area contributed by atoms with Gasteiger partial charge in [-0.2, -0.15) is 5.10 Å². The highest BCUT2D eigenvalue weighted by Crippen LogP contribution is 2.21. The first-order valence-electron chi connectivity index (χ1n) is 7.86. The van der Waals surface area contributed by atoms with Crippen LogP contribution in [0.3, 0.4) is 0 Å². The summed E-state index contributed by atoms with van der Waals surface area (Å²) in [5.41, 5.74) is 3.82. The van der Waals surface area contributed by atoms with Gasteiger partial charge in [0.05, 0.1) is 5.69 Å². The fourth-order valence-electron chi connectivity index (χ4n) is 2.65. The average Bonchev–Trinajstić information content (AvgIpc) is 2.68. The van der Waals surface area contributed by atoms with Gasteiger partial charge >= 0.3 is 0 Å². The number of hydrogen-bond acceptors (Lipinski definition) is 3. The van der Waals surface area contributed by atoms with Crippen molar-refractivity contribution in [2.45, 2.75) is 66.6 Å². The summed E-state index contributed by atoms with van der Waals surface area (Å²) in [4.78, 5) is 2.39. The van der Waals surface area contributed by atoms with Crippen LogP contribution in [0.1, 0.15) is 57.1 Å². The van der Waals surface area contributed by atoms with Crippen LogP contribution >= 0.6 is 0 Å². The van der Waals surface area contributed by atoms with Gasteiger partial charge in [-0.05, 0) is 68.1 Å². The van der Waals surface area contributed by atoms with Crippen molar-refractivity contribution in [1.29, 1.82) is 0 Å². The minimum atomic E-state index is 0.375. The monoisotopic (exact) mass is 280 g/mol. The SMILES string of the molecule is CCn1nc(C)c(C(C)NCCCN(C)C(C)C)c1C. The Kier molecular flexibility index (Phi) is 6.69. The Morgan fingerprint density at radius 2 is 1.90 bits per heavy atom. The minimum Gasteiger partial charge on any atom is -0.310 e. The maximum atomic E-state index is 4.60. The van der Waals surface area contributed by atoms with E-state index in [-0.39, 0.29) is 0 Å². The van der Waals surface area contributed by atoms with Crippen molar-refractivity contribution < 1.29 is 0 Å². The third-order valence-electron chi connectivity index (χ3n) is 4.19. The highest BCUT2D eigenvalue weighted by molar-refractivity contribution is 5.27. The molecule has 1 heterocycles. The van der Waals surface area contributed by atoms with Crippen LogP contribution in [0.2, 0.25) is 0 Å². The van der Waals surface area contributed by atoms with Crippen molar-refractivity contribution in [2.75, 3.05) is 20.1 Å². The van der Waals surface area contributed by atoms with E-state index in [0.29, 0.717) is 12.1 Å². The molecule has 0 aliphatic rings. The Morgan fingerprint density at radius 3 is 2.40 bits per heavy atom. The van der Waals surface area contributed by atoms with Crippen LogP contribution in [0.5, 0.6) is 0 Å². The largest absolute Gasteiger partial charge is 0.310 e. The molecule has 0 bridgehead atoms. The molecule has 0 saturated carbocycles. The lowest BCUT2D eigenvalue weighted by Gasteiger charge is -2.21. The summed E-state index contributed by atoms with van der Waals surface area (Å²) < 4.78 is 2.09. The standard InChI is InChI=1S/C16H32N4/c1-8-20-15(6)16(14(5)18-20)13(4)17-10-9-11-19(7)12(2)3/h12-13,17H,8-11H2,1-7H3. The van der Waals surface area contributed by atoms with Gasteiger partial charge in [0, 0.05) is 29.9 Å². The maximum Gasteiger partial charge on any atom is 0.0644 e. The predicted molar refractivity (Wildman–Crippen MR) is 86.2 cm³/mol. The van der Waals surface area contributed by atoms with Crippen LogP contribution in [0.15, 0.2) is 0 Å². The van der Waals surface area contributed by atoms with Crippen molar-refractivity contribution in [3.8, 4) is 0 Å². The number of hydrogen-bond donors (Lipinski definition) is 1. The van der Waals surface area contributed by atoms with Gasteiger partial charge in [0.15, 0.2) is 0 Å². The predicted octanol–water partition coefficient (Wildman–Crippen LogP) is 2.90. The number of nitrogens with one attached hydrogen (secondary N) is 1. The molecule has 1 atom stereocenters. The molecule has 0 aromatic carbocycles. The molecule has 0 fully saturated rings. The zero-order valence-corrected chi connectivity index (χ0v) is 14.3. The third kappa shape index (κ3) is 4.32. The van der Waals surface area contributed by atoms with Gasteiger partial charge in [-0.1, -0.05) is 0 Å². The summed E-state index contributed by atoms with van der Waals surface area (Å²) in [5, 5.41) is 8.23. The third-order valence-corrected chi connectivity index (χ3v) is 4.19. The van der Waals surface area contributed by atoms with Crippen LogP contribution in [-0.2, 0) is 6.54 Å². The normalized spacial score (nSPS) is 13.4. The summed E-state index contributed by atoms with van der Waals surface area (Å²) in [6.07, 6.45) is 1.18. The van der Waals surface area contributed by atoms with Gasteiger partial charge in [0.1, 0.15) is 0 Å². The zero-order valence-electron chi connectivity index (χ0n) is 14.3. The van der Waals surface area contributed by atoms with E-state index in [0.717, 1.165) is 25.3 Å². The topological polar surface area (TPSA) is 33.1 Å². The lowest BCUT2D eigenvalue weighted by molar-refractivity contribution is 0.268. The van der Waals surface area contributed by atoms with Crippen LogP contribution in [-0.4, -0.2) is 40.9 Å². The van der Waals surface area contributed by atoms with Gasteiger partial charge in [-0.25, -0.2) is 0 Å². The quantitative estimate of drug-likeness (QED) is 0.743. The first-order chi connectivity index (χ1) is 9.38. The zero-order chi connectivity index (χ0) is 15.3. The first kappa shape index (κ1) is 17.2. The Labute approximate surface area is 124 Å². The summed E-state index contributed by atoms with van der Waals surface area (Å²) in [6.45, 7) is 16.3. The van der Waals surface area contributed by atoms with Crippen molar-refractivity contribution in [2.24, 2.45) is 0 Å². The van der Waals surface area contributed by atoms with Gasteiger partial charge < -0.3 is 10.2 Å². The molecule has 1 rings (SSSR count). The number of nitrogens with zero attached hydrogens (tertiary/aromatic N) is 3. The number of aryl methyl sites for hydroxylation is 2. The molecule has 1 unspecified atom stereocenters. The Balaban J connectivity index is 2.47. The molecule has 1 N–H and O–H groups in total. The second-order valence-corrected chi connectivity index (χ2v) is 6.00. The highest BCUT2D eigenvalue weighted by Gasteiger charge is 2.16. The molecule has 116 valence electrons. The second kappa shape index (κ2) is 7.79. The van der Waals surface area contributed by atoms with E-state index in [1.54, 1.807) is 0 Å². The fourth-order valence-corrected chi connectivity index (χ4v) is 2.65. The van der Waals surface area contributed by atoms with Crippen molar-refractivity contribution in [3.05, 3.63) is 17.0 Å². The summed E-state index contributed by atoms with van der Waals surface area (Å²) >= 11 is 0. The second-order valence-electron chi connectivity index (χ2n) is 6.00. The molecule has 4 heteroatoms. The first-order valence-corrected chi connectivity index (χ1v) is 7.86. The highest BCUT2D eigenvalue weighted by atomic mass is 15.3. The molecule has 0 aliphatic heterocycles. The van der Waals surface area contributed by atoms with Crippen molar-refractivity contribution >= 4 is 0 Å². The molecule has 4 nitrogen and oxygen atoms in total. The molecule has 20 heavy (non-hydrogen) atoms. The maximum absolute atomic E-state index is 4.60. The molecule has 1 aromatic heterocycles. The molecule has 0 radical (unpaired) electrons. The molecule has 0 aliphatic carbocycles. The van der Waals surface area contributed by atoms with Crippen LogP contribution < -0.4 is 5.32 Å². The van der Waals surface area contributed by atoms with Crippen LogP contribution in [0.25, 0.3) is 0 Å². The Morgan fingerprint density at radius 1 is 1.25 bits per heavy atom. The molecule has 0 amide bonds. The van der Waals surface area contributed by atoms with E-state index < -0.39 is 0 Å². The van der Waals surface area contributed by atoms with E-state index in [1.165, 1.54) is 17.7 Å². The number of aromatic nitrogens is 2. The Hall–Kier alpha value is -0.870. The van der Waals surface area contributed by atoms with Gasteiger partial charge in [0.25, 0.3) is 0 Å². The van der Waals surface area contributed by atoms with Gasteiger partial charge in [-0.3, -0.25) is 4.68 Å². The van der Waals surface area contributed by atoms with E-state index in [1.807, 2.05) is 0 Å². The van der Waals surface area contributed by atoms with Gasteiger partial charge in [0.2, 0.25) is 0 Å². The number of rotatable bonds is 8. The average molecular weight is 280 g/mol. The molecule has 0 saturated heterocycles. The van der Waals surface area contributed by atoms with Gasteiger partial charge in [-0.15, -0.1) is 0 Å². The van der Waals surface area contributed by atoms with E-state index in [4.69, 9.17) is 0 Å². The minimum absolute atomic E-state index is 0.375. The lowest BCUT2D eigenvalue weighted by atomic mass is 10.1. The van der Waals surface area contributed by atoms with Crippen molar-refractivity contribution in [1.82, 2.24) is 20.0 Å².